The molecule has 1 amide bonds. The minimum absolute atomic E-state index is 0.0105. The van der Waals surface area contributed by atoms with Crippen LogP contribution in [0.5, 0.6) is 5.75 Å². The van der Waals surface area contributed by atoms with E-state index < -0.39 is 0 Å². The van der Waals surface area contributed by atoms with Crippen molar-refractivity contribution in [1.29, 1.82) is 0 Å². The third-order valence-corrected chi connectivity index (χ3v) is 2.94. The van der Waals surface area contributed by atoms with E-state index in [9.17, 15) is 9.90 Å². The number of nitrogens with one attached hydrogen (secondary N) is 2. The predicted molar refractivity (Wildman–Crippen MR) is 63.9 cm³/mol. The number of pyridine rings is 1. The summed E-state index contributed by atoms with van der Waals surface area (Å²) >= 11 is 0. The van der Waals surface area contributed by atoms with Crippen molar-refractivity contribution in [1.82, 2.24) is 15.6 Å². The molecule has 3 N–H and O–H groups in total. The van der Waals surface area contributed by atoms with Crippen LogP contribution in [0.1, 0.15) is 30.1 Å². The Kier molecular flexibility index (Phi) is 3.58. The molecule has 2 heterocycles. The van der Waals surface area contributed by atoms with Crippen molar-refractivity contribution >= 4 is 5.91 Å². The molecule has 1 aromatic heterocycles. The fraction of sp³-hybridized carbons (Fsp3) is 0.500. The number of aromatic nitrogens is 1. The number of aromatic hydroxyl groups is 1. The van der Waals surface area contributed by atoms with Gasteiger partial charge in [-0.2, -0.15) is 0 Å². The fourth-order valence-electron chi connectivity index (χ4n) is 2.08. The van der Waals surface area contributed by atoms with Crippen LogP contribution in [-0.4, -0.2) is 34.6 Å². The van der Waals surface area contributed by atoms with Gasteiger partial charge in [-0.1, -0.05) is 0 Å². The van der Waals surface area contributed by atoms with E-state index in [0.717, 1.165) is 19.4 Å². The van der Waals surface area contributed by atoms with E-state index in [1.54, 1.807) is 0 Å². The molecule has 2 atom stereocenters. The standard InChI is InChI=1S/C12H17N3O2/c1-8-4-10(2-3-14-8)15-12(17)9-5-11(16)7-13-6-9/h5-8,10,14,16H,2-4H2,1H3,(H,15,17). The summed E-state index contributed by atoms with van der Waals surface area (Å²) in [5.41, 5.74) is 0.399. The molecule has 2 unspecified atom stereocenters. The molecular formula is C12H17N3O2. The summed E-state index contributed by atoms with van der Waals surface area (Å²) in [4.78, 5) is 15.7. The van der Waals surface area contributed by atoms with Gasteiger partial charge in [-0.3, -0.25) is 9.78 Å². The minimum Gasteiger partial charge on any atom is -0.506 e. The SMILES string of the molecule is CC1CC(NC(=O)c2cncc(O)c2)CCN1. The number of nitrogens with zero attached hydrogens (tertiary/aromatic N) is 1. The van der Waals surface area contributed by atoms with Crippen LogP contribution in [0.4, 0.5) is 0 Å². The Labute approximate surface area is 100 Å². The van der Waals surface area contributed by atoms with Crippen molar-refractivity contribution < 1.29 is 9.90 Å². The van der Waals surface area contributed by atoms with Gasteiger partial charge in [0, 0.05) is 18.3 Å². The van der Waals surface area contributed by atoms with Crippen LogP contribution in [0.15, 0.2) is 18.5 Å². The first-order chi connectivity index (χ1) is 8.15. The van der Waals surface area contributed by atoms with Gasteiger partial charge in [0.2, 0.25) is 0 Å². The zero-order valence-electron chi connectivity index (χ0n) is 9.81. The van der Waals surface area contributed by atoms with E-state index in [2.05, 4.69) is 22.5 Å². The summed E-state index contributed by atoms with van der Waals surface area (Å²) in [5.74, 6) is -0.163. The maximum atomic E-state index is 11.9. The number of hydrogen-bond acceptors (Lipinski definition) is 4. The molecule has 0 saturated carbocycles. The van der Waals surface area contributed by atoms with Crippen LogP contribution in [0.25, 0.3) is 0 Å². The van der Waals surface area contributed by atoms with Crippen LogP contribution >= 0.6 is 0 Å². The molecule has 1 aliphatic rings. The number of carbonyl (C=O) groups is 1. The van der Waals surface area contributed by atoms with E-state index in [-0.39, 0.29) is 17.7 Å². The summed E-state index contributed by atoms with van der Waals surface area (Å²) in [6, 6.07) is 2.05. The second kappa shape index (κ2) is 5.14. The van der Waals surface area contributed by atoms with Gasteiger partial charge in [0.1, 0.15) is 5.75 Å². The summed E-state index contributed by atoms with van der Waals surface area (Å²) in [7, 11) is 0. The lowest BCUT2D eigenvalue weighted by molar-refractivity contribution is 0.0925. The fourth-order valence-corrected chi connectivity index (χ4v) is 2.08. The molecule has 2 rings (SSSR count). The van der Waals surface area contributed by atoms with Gasteiger partial charge < -0.3 is 15.7 Å². The lowest BCUT2D eigenvalue weighted by Crippen LogP contribution is -2.46. The van der Waals surface area contributed by atoms with Crippen molar-refractivity contribution in [2.24, 2.45) is 0 Å². The van der Waals surface area contributed by atoms with Gasteiger partial charge in [0.25, 0.3) is 5.91 Å². The molecule has 5 heteroatoms. The van der Waals surface area contributed by atoms with Gasteiger partial charge in [0.05, 0.1) is 11.8 Å². The smallest absolute Gasteiger partial charge is 0.253 e. The second-order valence-corrected chi connectivity index (χ2v) is 4.48. The van der Waals surface area contributed by atoms with Crippen molar-refractivity contribution in [2.75, 3.05) is 6.54 Å². The Morgan fingerprint density at radius 3 is 3.12 bits per heavy atom. The molecule has 1 fully saturated rings. The van der Waals surface area contributed by atoms with Crippen LogP contribution in [0.2, 0.25) is 0 Å². The molecule has 0 aromatic carbocycles. The largest absolute Gasteiger partial charge is 0.506 e. The lowest BCUT2D eigenvalue weighted by Gasteiger charge is -2.28. The molecule has 5 nitrogen and oxygen atoms in total. The van der Waals surface area contributed by atoms with Gasteiger partial charge >= 0.3 is 0 Å². The first kappa shape index (κ1) is 11.9. The molecule has 1 aliphatic heterocycles. The average Bonchev–Trinajstić information content (AvgIpc) is 2.29. The van der Waals surface area contributed by atoms with Crippen LogP contribution in [0.3, 0.4) is 0 Å². The first-order valence-corrected chi connectivity index (χ1v) is 5.83. The number of hydrogen-bond donors (Lipinski definition) is 3. The first-order valence-electron chi connectivity index (χ1n) is 5.83. The number of amides is 1. The maximum absolute atomic E-state index is 11.9. The van der Waals surface area contributed by atoms with Crippen molar-refractivity contribution in [3.8, 4) is 5.75 Å². The van der Waals surface area contributed by atoms with Crippen molar-refractivity contribution in [3.63, 3.8) is 0 Å². The summed E-state index contributed by atoms with van der Waals surface area (Å²) in [6.07, 6.45) is 4.63. The Bertz CT molecular complexity index is 408. The van der Waals surface area contributed by atoms with Crippen LogP contribution < -0.4 is 10.6 Å². The Balaban J connectivity index is 1.97. The third-order valence-electron chi connectivity index (χ3n) is 2.94. The summed E-state index contributed by atoms with van der Waals surface area (Å²) in [5, 5.41) is 15.6. The van der Waals surface area contributed by atoms with E-state index in [1.165, 1.54) is 18.5 Å². The highest BCUT2D eigenvalue weighted by Gasteiger charge is 2.20. The van der Waals surface area contributed by atoms with Crippen molar-refractivity contribution in [3.05, 3.63) is 24.0 Å². The molecule has 0 radical (unpaired) electrons. The van der Waals surface area contributed by atoms with Gasteiger partial charge in [-0.25, -0.2) is 0 Å². The molecule has 0 aliphatic carbocycles. The van der Waals surface area contributed by atoms with Crippen LogP contribution in [-0.2, 0) is 0 Å². The molecule has 1 aromatic rings. The highest BCUT2D eigenvalue weighted by molar-refractivity contribution is 5.94. The maximum Gasteiger partial charge on any atom is 0.253 e. The second-order valence-electron chi connectivity index (χ2n) is 4.48. The number of carbonyl (C=O) groups excluding carboxylic acids is 1. The highest BCUT2D eigenvalue weighted by atomic mass is 16.3. The highest BCUT2D eigenvalue weighted by Crippen LogP contribution is 2.11. The predicted octanol–water partition coefficient (Wildman–Crippen LogP) is 0.657. The number of piperidine rings is 1. The van der Waals surface area contributed by atoms with E-state index in [1.807, 2.05) is 0 Å². The lowest BCUT2D eigenvalue weighted by atomic mass is 10.0. The molecule has 17 heavy (non-hydrogen) atoms. The summed E-state index contributed by atoms with van der Waals surface area (Å²) < 4.78 is 0. The monoisotopic (exact) mass is 235 g/mol. The van der Waals surface area contributed by atoms with E-state index in [4.69, 9.17) is 0 Å². The van der Waals surface area contributed by atoms with Crippen molar-refractivity contribution in [2.45, 2.75) is 31.8 Å². The topological polar surface area (TPSA) is 74.2 Å². The molecular weight excluding hydrogens is 218 g/mol. The quantitative estimate of drug-likeness (QED) is 0.704. The number of rotatable bonds is 2. The Morgan fingerprint density at radius 2 is 2.41 bits per heavy atom. The third kappa shape index (κ3) is 3.17. The minimum atomic E-state index is -0.174. The summed E-state index contributed by atoms with van der Waals surface area (Å²) in [6.45, 7) is 3.03. The normalized spacial score (nSPS) is 24.3. The van der Waals surface area contributed by atoms with E-state index in [0.29, 0.717) is 11.6 Å². The van der Waals surface area contributed by atoms with Gasteiger partial charge in [0.15, 0.2) is 0 Å². The molecule has 0 spiro atoms. The van der Waals surface area contributed by atoms with Crippen LogP contribution in [0, 0.1) is 0 Å². The van der Waals surface area contributed by atoms with E-state index >= 15 is 0 Å². The molecule has 1 saturated heterocycles. The zero-order chi connectivity index (χ0) is 12.3. The average molecular weight is 235 g/mol. The molecule has 0 bridgehead atoms. The Hall–Kier alpha value is -1.62. The Morgan fingerprint density at radius 1 is 1.59 bits per heavy atom. The molecule has 92 valence electrons. The van der Waals surface area contributed by atoms with Gasteiger partial charge in [-0.05, 0) is 32.4 Å². The van der Waals surface area contributed by atoms with Gasteiger partial charge in [-0.15, -0.1) is 0 Å². The zero-order valence-corrected chi connectivity index (χ0v) is 9.81.